The van der Waals surface area contributed by atoms with Crippen LogP contribution in [0, 0.1) is 6.92 Å². The molecule has 0 spiro atoms. The average molecular weight is 597 g/mol. The predicted octanol–water partition coefficient (Wildman–Crippen LogP) is 8.55. The SMILES string of the molecule is CNO/C(=C\CC(Cc1ccc(C(=O)NCCSC)cc1)c1ccc(C(C)(C)C)cc1)c1cc(-c2ccc(C)cc2)co1. The molecule has 3 aromatic carbocycles. The zero-order valence-corrected chi connectivity index (χ0v) is 27.0. The van der Waals surface area contributed by atoms with Crippen LogP contribution in [-0.4, -0.2) is 31.5 Å². The van der Waals surface area contributed by atoms with Crippen LogP contribution in [0.25, 0.3) is 16.9 Å². The van der Waals surface area contributed by atoms with Gasteiger partial charge in [0.1, 0.15) is 0 Å². The highest BCUT2D eigenvalue weighted by Crippen LogP contribution is 2.32. The summed E-state index contributed by atoms with van der Waals surface area (Å²) in [5, 5.41) is 2.98. The lowest BCUT2D eigenvalue weighted by Crippen LogP contribution is -2.25. The van der Waals surface area contributed by atoms with E-state index in [9.17, 15) is 4.79 Å². The Labute approximate surface area is 261 Å². The van der Waals surface area contributed by atoms with Gasteiger partial charge in [-0.25, -0.2) is 0 Å². The summed E-state index contributed by atoms with van der Waals surface area (Å²) in [7, 11) is 1.75. The van der Waals surface area contributed by atoms with Crippen LogP contribution in [0.3, 0.4) is 0 Å². The van der Waals surface area contributed by atoms with Gasteiger partial charge >= 0.3 is 0 Å². The van der Waals surface area contributed by atoms with Crippen molar-refractivity contribution in [2.24, 2.45) is 0 Å². The zero-order valence-electron chi connectivity index (χ0n) is 26.2. The third kappa shape index (κ3) is 9.12. The molecule has 5 nitrogen and oxygen atoms in total. The van der Waals surface area contributed by atoms with Gasteiger partial charge in [-0.3, -0.25) is 4.79 Å². The van der Waals surface area contributed by atoms with Crippen LogP contribution in [0.1, 0.15) is 71.5 Å². The molecule has 1 amide bonds. The molecule has 0 saturated carbocycles. The topological polar surface area (TPSA) is 63.5 Å². The molecule has 1 aromatic heterocycles. The molecule has 0 radical (unpaired) electrons. The second-order valence-electron chi connectivity index (χ2n) is 11.9. The van der Waals surface area contributed by atoms with E-state index in [1.54, 1.807) is 25.1 Å². The molecule has 4 aromatic rings. The van der Waals surface area contributed by atoms with Gasteiger partial charge in [-0.2, -0.15) is 17.2 Å². The van der Waals surface area contributed by atoms with Gasteiger partial charge in [-0.05, 0) is 83.9 Å². The van der Waals surface area contributed by atoms with Gasteiger partial charge in [-0.1, -0.05) is 87.0 Å². The van der Waals surface area contributed by atoms with Crippen molar-refractivity contribution >= 4 is 23.4 Å². The minimum Gasteiger partial charge on any atom is -0.460 e. The first-order valence-corrected chi connectivity index (χ1v) is 16.2. The maximum Gasteiger partial charge on any atom is 0.251 e. The number of carbonyl (C=O) groups is 1. The van der Waals surface area contributed by atoms with Gasteiger partial charge in [0.2, 0.25) is 0 Å². The summed E-state index contributed by atoms with van der Waals surface area (Å²) >= 11 is 1.72. The molecule has 0 aliphatic carbocycles. The van der Waals surface area contributed by atoms with Gasteiger partial charge in [0.15, 0.2) is 11.5 Å². The van der Waals surface area contributed by atoms with Crippen LogP contribution >= 0.6 is 11.8 Å². The lowest BCUT2D eigenvalue weighted by Gasteiger charge is -2.21. The molecule has 1 heterocycles. The zero-order chi connectivity index (χ0) is 30.8. The minimum atomic E-state index is -0.0323. The van der Waals surface area contributed by atoms with Crippen LogP contribution in [0.5, 0.6) is 0 Å². The molecular formula is C37H44N2O3S. The van der Waals surface area contributed by atoms with E-state index in [-0.39, 0.29) is 17.2 Å². The molecule has 43 heavy (non-hydrogen) atoms. The summed E-state index contributed by atoms with van der Waals surface area (Å²) in [4.78, 5) is 18.4. The van der Waals surface area contributed by atoms with Crippen LogP contribution in [0.4, 0.5) is 0 Å². The molecule has 226 valence electrons. The number of allylic oxidation sites excluding steroid dienone is 1. The highest BCUT2D eigenvalue weighted by Gasteiger charge is 2.18. The summed E-state index contributed by atoms with van der Waals surface area (Å²) in [6.07, 6.45) is 7.47. The number of thioether (sulfide) groups is 1. The van der Waals surface area contributed by atoms with Crippen molar-refractivity contribution in [1.29, 1.82) is 0 Å². The van der Waals surface area contributed by atoms with Crippen LogP contribution in [0.2, 0.25) is 0 Å². The highest BCUT2D eigenvalue weighted by molar-refractivity contribution is 7.98. The standard InChI is InChI=1S/C37H44N2O3S/c1-26-7-11-29(12-8-26)32-24-35(41-25-32)34(42-38-5)20-17-31(28-15-18-33(19-16-28)37(2,3)4)23-27-9-13-30(14-10-27)36(40)39-21-22-43-6/h7-16,18-20,24-25,31,38H,17,21-23H2,1-6H3,(H,39,40)/b34-20-. The van der Waals surface area contributed by atoms with Crippen molar-refractivity contribution in [3.63, 3.8) is 0 Å². The first kappa shape index (κ1) is 32.2. The Hall–Kier alpha value is -3.74. The lowest BCUT2D eigenvalue weighted by atomic mass is 9.83. The third-order valence-corrected chi connectivity index (χ3v) is 8.18. The summed E-state index contributed by atoms with van der Waals surface area (Å²) in [6.45, 7) is 9.45. The second-order valence-corrected chi connectivity index (χ2v) is 12.9. The number of rotatable bonds is 13. The fourth-order valence-corrected chi connectivity index (χ4v) is 5.26. The molecule has 0 bridgehead atoms. The summed E-state index contributed by atoms with van der Waals surface area (Å²) in [6, 6.07) is 27.3. The van der Waals surface area contributed by atoms with E-state index in [1.807, 2.05) is 24.5 Å². The fraction of sp³-hybridized carbons (Fsp3) is 0.324. The molecule has 2 N–H and O–H groups in total. The first-order chi connectivity index (χ1) is 20.7. The van der Waals surface area contributed by atoms with E-state index in [2.05, 4.69) is 105 Å². The smallest absolute Gasteiger partial charge is 0.251 e. The molecule has 0 saturated heterocycles. The average Bonchev–Trinajstić information content (AvgIpc) is 3.49. The molecule has 1 unspecified atom stereocenters. The monoisotopic (exact) mass is 596 g/mol. The summed E-state index contributed by atoms with van der Waals surface area (Å²) < 4.78 is 5.97. The number of nitrogens with one attached hydrogen (secondary N) is 2. The van der Waals surface area contributed by atoms with Crippen molar-refractivity contribution in [2.45, 2.75) is 51.9 Å². The van der Waals surface area contributed by atoms with E-state index >= 15 is 0 Å². The number of hydrogen-bond donors (Lipinski definition) is 2. The maximum atomic E-state index is 12.5. The van der Waals surface area contributed by atoms with Gasteiger partial charge in [0, 0.05) is 30.5 Å². The minimum absolute atomic E-state index is 0.0323. The van der Waals surface area contributed by atoms with Crippen LogP contribution in [-0.2, 0) is 16.7 Å². The Morgan fingerprint density at radius 2 is 1.67 bits per heavy atom. The molecule has 1 atom stereocenters. The lowest BCUT2D eigenvalue weighted by molar-refractivity contribution is 0.0956. The van der Waals surface area contributed by atoms with Crippen molar-refractivity contribution in [2.75, 3.05) is 25.6 Å². The number of benzene rings is 3. The number of furan rings is 1. The Morgan fingerprint density at radius 3 is 2.30 bits per heavy atom. The Kier molecular flexibility index (Phi) is 11.3. The van der Waals surface area contributed by atoms with Crippen LogP contribution < -0.4 is 10.8 Å². The third-order valence-electron chi connectivity index (χ3n) is 7.57. The maximum absolute atomic E-state index is 12.5. The van der Waals surface area contributed by atoms with E-state index in [1.165, 1.54) is 22.3 Å². The van der Waals surface area contributed by atoms with Crippen molar-refractivity contribution in [1.82, 2.24) is 10.8 Å². The van der Waals surface area contributed by atoms with Gasteiger partial charge < -0.3 is 14.6 Å². The number of aryl methyl sites for hydroxylation is 1. The Bertz CT molecular complexity index is 1480. The Balaban J connectivity index is 1.58. The normalized spacial score (nSPS) is 12.7. The fourth-order valence-electron chi connectivity index (χ4n) is 4.95. The number of amides is 1. The van der Waals surface area contributed by atoms with E-state index in [0.717, 1.165) is 29.7 Å². The molecule has 0 aliphatic rings. The molecule has 6 heteroatoms. The van der Waals surface area contributed by atoms with Crippen molar-refractivity contribution in [3.8, 4) is 11.1 Å². The molecule has 4 rings (SSSR count). The Morgan fingerprint density at radius 1 is 0.977 bits per heavy atom. The highest BCUT2D eigenvalue weighted by atomic mass is 32.2. The van der Waals surface area contributed by atoms with Crippen molar-refractivity contribution in [3.05, 3.63) is 125 Å². The first-order valence-electron chi connectivity index (χ1n) is 14.8. The van der Waals surface area contributed by atoms with Gasteiger partial charge in [0.25, 0.3) is 5.91 Å². The number of hydrogen-bond acceptors (Lipinski definition) is 5. The molecule has 0 fully saturated rings. The molecular weight excluding hydrogens is 552 g/mol. The van der Waals surface area contributed by atoms with Gasteiger partial charge in [0.05, 0.1) is 6.26 Å². The van der Waals surface area contributed by atoms with Crippen LogP contribution in [0.15, 0.2) is 95.6 Å². The van der Waals surface area contributed by atoms with Crippen molar-refractivity contribution < 1.29 is 14.0 Å². The van der Waals surface area contributed by atoms with E-state index in [0.29, 0.717) is 23.6 Å². The number of hydroxylamine groups is 1. The van der Waals surface area contributed by atoms with Gasteiger partial charge in [-0.15, -0.1) is 0 Å². The van der Waals surface area contributed by atoms with E-state index in [4.69, 9.17) is 9.25 Å². The predicted molar refractivity (Wildman–Crippen MR) is 180 cm³/mol. The second kappa shape index (κ2) is 15.1. The summed E-state index contributed by atoms with van der Waals surface area (Å²) in [5.74, 6) is 2.38. The van der Waals surface area contributed by atoms with E-state index < -0.39 is 0 Å². The number of carbonyl (C=O) groups excluding carboxylic acids is 1. The quantitative estimate of drug-likeness (QED) is 0.0920. The largest absolute Gasteiger partial charge is 0.460 e. The molecule has 0 aliphatic heterocycles. The summed E-state index contributed by atoms with van der Waals surface area (Å²) in [5.41, 5.74) is 10.7.